The lowest BCUT2D eigenvalue weighted by Gasteiger charge is -2.19. The Morgan fingerprint density at radius 3 is 2.65 bits per heavy atom. The first-order valence-electron chi connectivity index (χ1n) is 8.49. The summed E-state index contributed by atoms with van der Waals surface area (Å²) in [5.74, 6) is -1.05. The Morgan fingerprint density at radius 2 is 2.00 bits per heavy atom. The normalized spacial score (nSPS) is 18.4. The molecule has 1 aromatic heterocycles. The molecule has 1 aliphatic heterocycles. The molecule has 9 heteroatoms. The van der Waals surface area contributed by atoms with Crippen LogP contribution in [0.1, 0.15) is 48.2 Å². The van der Waals surface area contributed by atoms with E-state index in [9.17, 15) is 19.2 Å². The molecule has 0 unspecified atom stereocenters. The van der Waals surface area contributed by atoms with Crippen LogP contribution in [0.3, 0.4) is 0 Å². The number of hydrogen-bond acceptors (Lipinski definition) is 6. The quantitative estimate of drug-likeness (QED) is 0.433. The van der Waals surface area contributed by atoms with Crippen molar-refractivity contribution in [3.05, 3.63) is 21.3 Å². The summed E-state index contributed by atoms with van der Waals surface area (Å²) in [5.41, 5.74) is -0.730. The van der Waals surface area contributed by atoms with Crippen LogP contribution in [0.5, 0.6) is 0 Å². The third-order valence-electron chi connectivity index (χ3n) is 4.68. The van der Waals surface area contributed by atoms with E-state index >= 15 is 0 Å². The van der Waals surface area contributed by atoms with Crippen LogP contribution in [0, 0.1) is 0 Å². The Morgan fingerprint density at radius 1 is 1.27 bits per heavy atom. The minimum absolute atomic E-state index is 0.0303. The molecule has 3 rings (SSSR count). The molecule has 140 valence electrons. The molecule has 0 bridgehead atoms. The van der Waals surface area contributed by atoms with Crippen LogP contribution in [-0.4, -0.2) is 47.3 Å². The largest absolute Gasteiger partial charge is 0.457 e. The molecular weight excluding hydrogens is 380 g/mol. The number of Topliss-reactive ketones (excluding diaryl/α,β-unsaturated/α-hetero) is 1. The number of halogens is 1. The number of amides is 3. The van der Waals surface area contributed by atoms with E-state index < -0.39 is 17.5 Å². The minimum atomic E-state index is -0.730. The zero-order valence-corrected chi connectivity index (χ0v) is 15.7. The highest BCUT2D eigenvalue weighted by atomic mass is 35.5. The third kappa shape index (κ3) is 3.91. The van der Waals surface area contributed by atoms with Gasteiger partial charge in [0, 0.05) is 13.0 Å². The zero-order chi connectivity index (χ0) is 18.7. The van der Waals surface area contributed by atoms with E-state index in [1.807, 2.05) is 0 Å². The predicted molar refractivity (Wildman–Crippen MR) is 95.3 cm³/mol. The smallest absolute Gasteiger partial charge is 0.325 e. The monoisotopic (exact) mass is 398 g/mol. The van der Waals surface area contributed by atoms with Gasteiger partial charge in [-0.3, -0.25) is 19.3 Å². The minimum Gasteiger partial charge on any atom is -0.457 e. The van der Waals surface area contributed by atoms with E-state index in [1.54, 1.807) is 12.1 Å². The van der Waals surface area contributed by atoms with Crippen molar-refractivity contribution in [2.45, 2.75) is 44.1 Å². The first-order chi connectivity index (χ1) is 12.4. The fourth-order valence-electron chi connectivity index (χ4n) is 3.33. The Labute approximate surface area is 159 Å². The SMILES string of the molecule is O=C(CCCN1C(=O)NC2(CCCC2)C1=O)OCC(=O)c1ccc(Cl)s1. The van der Waals surface area contributed by atoms with Crippen LogP contribution < -0.4 is 5.32 Å². The van der Waals surface area contributed by atoms with Gasteiger partial charge in [0.1, 0.15) is 5.54 Å². The maximum atomic E-state index is 12.5. The molecule has 1 spiro atoms. The zero-order valence-electron chi connectivity index (χ0n) is 14.1. The molecule has 1 saturated heterocycles. The van der Waals surface area contributed by atoms with E-state index in [1.165, 1.54) is 4.90 Å². The average Bonchev–Trinajstić information content (AvgIpc) is 3.30. The number of ketones is 1. The van der Waals surface area contributed by atoms with E-state index in [0.29, 0.717) is 28.5 Å². The average molecular weight is 399 g/mol. The van der Waals surface area contributed by atoms with Gasteiger partial charge in [-0.2, -0.15) is 0 Å². The predicted octanol–water partition coefficient (Wildman–Crippen LogP) is 2.77. The van der Waals surface area contributed by atoms with Gasteiger partial charge in [0.2, 0.25) is 5.78 Å². The maximum Gasteiger partial charge on any atom is 0.325 e. The molecule has 0 atom stereocenters. The Kier molecular flexibility index (Phi) is 5.62. The summed E-state index contributed by atoms with van der Waals surface area (Å²) in [7, 11) is 0. The summed E-state index contributed by atoms with van der Waals surface area (Å²) in [6.45, 7) is -0.183. The first-order valence-corrected chi connectivity index (χ1v) is 9.69. The van der Waals surface area contributed by atoms with E-state index in [-0.39, 0.29) is 31.3 Å². The van der Waals surface area contributed by atoms with Crippen molar-refractivity contribution in [1.82, 2.24) is 10.2 Å². The van der Waals surface area contributed by atoms with Crippen LogP contribution in [0.4, 0.5) is 4.79 Å². The molecule has 1 N–H and O–H groups in total. The highest BCUT2D eigenvalue weighted by Gasteiger charge is 2.52. The fourth-order valence-corrected chi connectivity index (χ4v) is 4.30. The number of hydrogen-bond donors (Lipinski definition) is 1. The van der Waals surface area contributed by atoms with Crippen molar-refractivity contribution in [3.8, 4) is 0 Å². The Balaban J connectivity index is 1.40. The van der Waals surface area contributed by atoms with Crippen molar-refractivity contribution in [1.29, 1.82) is 0 Å². The van der Waals surface area contributed by atoms with Gasteiger partial charge >= 0.3 is 12.0 Å². The van der Waals surface area contributed by atoms with Crippen molar-refractivity contribution < 1.29 is 23.9 Å². The van der Waals surface area contributed by atoms with E-state index in [2.05, 4.69) is 5.32 Å². The molecule has 26 heavy (non-hydrogen) atoms. The number of carbonyl (C=O) groups excluding carboxylic acids is 4. The number of ether oxygens (including phenoxy) is 1. The van der Waals surface area contributed by atoms with Crippen LogP contribution in [0.25, 0.3) is 0 Å². The van der Waals surface area contributed by atoms with Crippen LogP contribution in [-0.2, 0) is 14.3 Å². The van der Waals surface area contributed by atoms with Crippen LogP contribution in [0.2, 0.25) is 4.34 Å². The fraction of sp³-hybridized carbons (Fsp3) is 0.529. The second-order valence-corrected chi connectivity index (χ2v) is 8.18. The summed E-state index contributed by atoms with van der Waals surface area (Å²) >= 11 is 6.89. The molecule has 1 saturated carbocycles. The molecule has 1 aliphatic carbocycles. The lowest BCUT2D eigenvalue weighted by Crippen LogP contribution is -2.44. The maximum absolute atomic E-state index is 12.5. The number of imide groups is 1. The van der Waals surface area contributed by atoms with Gasteiger partial charge in [-0.25, -0.2) is 4.79 Å². The second kappa shape index (κ2) is 7.75. The summed E-state index contributed by atoms with van der Waals surface area (Å²) in [6, 6.07) is 2.80. The summed E-state index contributed by atoms with van der Waals surface area (Å²) in [5, 5.41) is 2.79. The van der Waals surface area contributed by atoms with Gasteiger partial charge in [-0.05, 0) is 31.4 Å². The van der Waals surface area contributed by atoms with Gasteiger partial charge in [0.05, 0.1) is 9.21 Å². The standard InChI is InChI=1S/C17H19ClN2O5S/c18-13-6-5-12(26-13)11(21)10-25-14(22)4-3-9-20-15(23)17(19-16(20)24)7-1-2-8-17/h5-6H,1-4,7-10H2,(H,19,24). The number of urea groups is 1. The highest BCUT2D eigenvalue weighted by Crippen LogP contribution is 2.35. The van der Waals surface area contributed by atoms with Gasteiger partial charge < -0.3 is 10.1 Å². The molecule has 2 heterocycles. The molecule has 0 aromatic carbocycles. The molecule has 2 aliphatic rings. The first kappa shape index (κ1) is 18.8. The van der Waals surface area contributed by atoms with E-state index in [4.69, 9.17) is 16.3 Å². The molecule has 3 amide bonds. The molecule has 0 radical (unpaired) electrons. The van der Waals surface area contributed by atoms with E-state index in [0.717, 1.165) is 24.2 Å². The van der Waals surface area contributed by atoms with Crippen molar-refractivity contribution in [2.24, 2.45) is 0 Å². The van der Waals surface area contributed by atoms with Gasteiger partial charge in [-0.1, -0.05) is 24.4 Å². The van der Waals surface area contributed by atoms with Crippen LogP contribution >= 0.6 is 22.9 Å². The van der Waals surface area contributed by atoms with Crippen molar-refractivity contribution >= 4 is 46.6 Å². The lowest BCUT2D eigenvalue weighted by molar-refractivity contribution is -0.143. The topological polar surface area (TPSA) is 92.8 Å². The number of nitrogens with one attached hydrogen (secondary N) is 1. The number of esters is 1. The van der Waals surface area contributed by atoms with Gasteiger partial charge in [0.15, 0.2) is 6.61 Å². The molecule has 1 aromatic rings. The summed E-state index contributed by atoms with van der Waals surface area (Å²) < 4.78 is 5.44. The molecular formula is C17H19ClN2O5S. The number of thiophene rings is 1. The molecule has 2 fully saturated rings. The number of carbonyl (C=O) groups is 4. The molecule has 7 nitrogen and oxygen atoms in total. The third-order valence-corrected chi connectivity index (χ3v) is 5.95. The van der Waals surface area contributed by atoms with Crippen molar-refractivity contribution in [3.63, 3.8) is 0 Å². The van der Waals surface area contributed by atoms with Gasteiger partial charge in [0.25, 0.3) is 5.91 Å². The van der Waals surface area contributed by atoms with Gasteiger partial charge in [-0.15, -0.1) is 11.3 Å². The van der Waals surface area contributed by atoms with Crippen molar-refractivity contribution in [2.75, 3.05) is 13.2 Å². The number of rotatable bonds is 7. The Hall–Kier alpha value is -1.93. The number of nitrogens with zero attached hydrogens (tertiary/aromatic N) is 1. The summed E-state index contributed by atoms with van der Waals surface area (Å²) in [6.07, 6.45) is 3.52. The summed E-state index contributed by atoms with van der Waals surface area (Å²) in [4.78, 5) is 49.7. The second-order valence-electron chi connectivity index (χ2n) is 6.47. The highest BCUT2D eigenvalue weighted by molar-refractivity contribution is 7.18. The van der Waals surface area contributed by atoms with Crippen LogP contribution in [0.15, 0.2) is 12.1 Å². The Bertz CT molecular complexity index is 741. The lowest BCUT2D eigenvalue weighted by atomic mass is 9.98.